The molecule has 0 atom stereocenters. The van der Waals surface area contributed by atoms with Gasteiger partial charge in [0.05, 0.1) is 0 Å². The second kappa shape index (κ2) is 7.44. The summed E-state index contributed by atoms with van der Waals surface area (Å²) >= 11 is 0. The summed E-state index contributed by atoms with van der Waals surface area (Å²) in [5.41, 5.74) is 2.92. The van der Waals surface area contributed by atoms with Gasteiger partial charge in [-0.2, -0.15) is 0 Å². The van der Waals surface area contributed by atoms with Crippen LogP contribution in [-0.4, -0.2) is 5.78 Å². The number of ketones is 1. The molecule has 20 heavy (non-hydrogen) atoms. The second-order valence-corrected chi connectivity index (χ2v) is 4.56. The molecule has 96 valence electrons. The van der Waals surface area contributed by atoms with Gasteiger partial charge in [0.2, 0.25) is 0 Å². The number of Topliss-reactive ketones (excluding diaryl/α,β-unsaturated/α-hetero) is 1. The van der Waals surface area contributed by atoms with E-state index in [2.05, 4.69) is 0 Å². The number of allylic oxidation sites excluding steroid dienone is 1. The van der Waals surface area contributed by atoms with Crippen molar-refractivity contribution in [2.24, 2.45) is 0 Å². The van der Waals surface area contributed by atoms with Crippen LogP contribution in [0.25, 0.3) is 6.08 Å². The summed E-state index contributed by atoms with van der Waals surface area (Å²) in [5, 5.41) is 11.6. The van der Waals surface area contributed by atoms with Crippen molar-refractivity contribution in [1.29, 1.82) is 0 Å². The standard InChI is InChI=1S/C17H16O2.Na/c1-12-7-9-14(10-8-12)11-13(2)17(19)15-5-3-4-6-16(15)18;/h3-11,18H,1-2H3;/q;+1/p-1/b13-11+;. The van der Waals surface area contributed by atoms with Crippen LogP contribution in [0.5, 0.6) is 5.75 Å². The average molecular weight is 274 g/mol. The number of para-hydroxylation sites is 1. The summed E-state index contributed by atoms with van der Waals surface area (Å²) < 4.78 is 0. The smallest absolute Gasteiger partial charge is 0.872 e. The van der Waals surface area contributed by atoms with Crippen LogP contribution in [0.1, 0.15) is 28.4 Å². The third-order valence-electron chi connectivity index (χ3n) is 2.95. The molecule has 2 aromatic rings. The molecular weight excluding hydrogens is 259 g/mol. The van der Waals surface area contributed by atoms with Gasteiger partial charge in [-0.1, -0.05) is 59.8 Å². The van der Waals surface area contributed by atoms with Crippen molar-refractivity contribution >= 4 is 11.9 Å². The van der Waals surface area contributed by atoms with Gasteiger partial charge in [-0.25, -0.2) is 0 Å². The Bertz CT molecular complexity index is 628. The Labute approximate surface area is 141 Å². The first-order valence-corrected chi connectivity index (χ1v) is 6.13. The molecule has 2 nitrogen and oxygen atoms in total. The molecule has 0 heterocycles. The Kier molecular flexibility index (Phi) is 6.21. The Morgan fingerprint density at radius 3 is 2.25 bits per heavy atom. The molecule has 0 spiro atoms. The van der Waals surface area contributed by atoms with Crippen LogP contribution in [-0.2, 0) is 0 Å². The topological polar surface area (TPSA) is 40.1 Å². The zero-order valence-corrected chi connectivity index (χ0v) is 14.0. The number of carbonyl (C=O) groups is 1. The van der Waals surface area contributed by atoms with Crippen LogP contribution in [0.4, 0.5) is 0 Å². The molecule has 0 radical (unpaired) electrons. The van der Waals surface area contributed by atoms with Gasteiger partial charge in [0.1, 0.15) is 0 Å². The van der Waals surface area contributed by atoms with E-state index in [1.54, 1.807) is 31.2 Å². The van der Waals surface area contributed by atoms with Gasteiger partial charge < -0.3 is 5.11 Å². The van der Waals surface area contributed by atoms with E-state index in [9.17, 15) is 9.90 Å². The predicted molar refractivity (Wildman–Crippen MR) is 75.0 cm³/mol. The maximum atomic E-state index is 12.2. The van der Waals surface area contributed by atoms with E-state index in [1.165, 1.54) is 11.6 Å². The summed E-state index contributed by atoms with van der Waals surface area (Å²) in [6, 6.07) is 14.2. The number of hydrogen-bond donors (Lipinski definition) is 0. The molecule has 0 unspecified atom stereocenters. The maximum absolute atomic E-state index is 12.2. The number of benzene rings is 2. The van der Waals surface area contributed by atoms with Crippen molar-refractivity contribution in [3.63, 3.8) is 0 Å². The molecule has 0 bridgehead atoms. The van der Waals surface area contributed by atoms with Crippen molar-refractivity contribution in [2.75, 3.05) is 0 Å². The molecule has 0 saturated carbocycles. The number of aryl methyl sites for hydroxylation is 1. The Morgan fingerprint density at radius 1 is 1.05 bits per heavy atom. The van der Waals surface area contributed by atoms with Gasteiger partial charge in [-0.15, -0.1) is 0 Å². The van der Waals surface area contributed by atoms with Crippen LogP contribution in [0.3, 0.4) is 0 Å². The summed E-state index contributed by atoms with van der Waals surface area (Å²) in [6.45, 7) is 3.74. The second-order valence-electron chi connectivity index (χ2n) is 4.56. The fraction of sp³-hybridized carbons (Fsp3) is 0.118. The number of carbonyl (C=O) groups excluding carboxylic acids is 1. The minimum absolute atomic E-state index is 0. The van der Waals surface area contributed by atoms with Crippen LogP contribution < -0.4 is 34.7 Å². The summed E-state index contributed by atoms with van der Waals surface area (Å²) in [6.07, 6.45) is 1.80. The fourth-order valence-corrected chi connectivity index (χ4v) is 1.84. The molecule has 0 aliphatic rings. The Morgan fingerprint density at radius 2 is 1.65 bits per heavy atom. The van der Waals surface area contributed by atoms with Crippen molar-refractivity contribution in [2.45, 2.75) is 13.8 Å². The molecule has 0 N–H and O–H groups in total. The van der Waals surface area contributed by atoms with Gasteiger partial charge in [-0.3, -0.25) is 4.79 Å². The first kappa shape index (κ1) is 16.7. The summed E-state index contributed by atoms with van der Waals surface area (Å²) in [5.74, 6) is -0.449. The van der Waals surface area contributed by atoms with E-state index in [0.717, 1.165) is 5.56 Å². The quantitative estimate of drug-likeness (QED) is 0.460. The minimum Gasteiger partial charge on any atom is -0.872 e. The molecule has 0 aromatic heterocycles. The molecule has 0 aliphatic heterocycles. The predicted octanol–water partition coefficient (Wildman–Crippen LogP) is 0.359. The van der Waals surface area contributed by atoms with Crippen molar-refractivity contribution in [1.82, 2.24) is 0 Å². The number of rotatable bonds is 3. The van der Waals surface area contributed by atoms with Gasteiger partial charge in [0.25, 0.3) is 0 Å². The van der Waals surface area contributed by atoms with E-state index < -0.39 is 0 Å². The Balaban J connectivity index is 0.00000200. The molecule has 0 amide bonds. The molecule has 0 aliphatic carbocycles. The van der Waals surface area contributed by atoms with E-state index in [-0.39, 0.29) is 46.7 Å². The summed E-state index contributed by atoms with van der Waals surface area (Å²) in [4.78, 5) is 12.2. The van der Waals surface area contributed by atoms with Crippen LogP contribution >= 0.6 is 0 Å². The van der Waals surface area contributed by atoms with Crippen LogP contribution in [0.15, 0.2) is 54.1 Å². The third-order valence-corrected chi connectivity index (χ3v) is 2.95. The zero-order chi connectivity index (χ0) is 13.8. The molecular formula is C17H15NaO2. The van der Waals surface area contributed by atoms with Crippen LogP contribution in [0.2, 0.25) is 0 Å². The monoisotopic (exact) mass is 274 g/mol. The fourth-order valence-electron chi connectivity index (χ4n) is 1.84. The molecule has 0 saturated heterocycles. The molecule has 2 aromatic carbocycles. The van der Waals surface area contributed by atoms with Crippen LogP contribution in [0, 0.1) is 6.92 Å². The first-order valence-electron chi connectivity index (χ1n) is 6.13. The van der Waals surface area contributed by atoms with E-state index in [1.807, 2.05) is 31.2 Å². The van der Waals surface area contributed by atoms with Crippen molar-refractivity contribution in [3.8, 4) is 5.75 Å². The average Bonchev–Trinajstić information content (AvgIpc) is 2.41. The summed E-state index contributed by atoms with van der Waals surface area (Å²) in [7, 11) is 0. The maximum Gasteiger partial charge on any atom is 1.00 e. The molecule has 2 rings (SSSR count). The SMILES string of the molecule is C/C(=C\c1ccc(C)cc1)C(=O)c1ccccc1[O-].[Na+]. The van der Waals surface area contributed by atoms with E-state index >= 15 is 0 Å². The van der Waals surface area contributed by atoms with Crippen molar-refractivity contribution < 1.29 is 39.5 Å². The zero-order valence-electron chi connectivity index (χ0n) is 12.0. The van der Waals surface area contributed by atoms with Gasteiger partial charge in [0, 0.05) is 5.56 Å². The first-order chi connectivity index (χ1) is 9.08. The largest absolute Gasteiger partial charge is 1.00 e. The molecule has 3 heteroatoms. The van der Waals surface area contributed by atoms with Gasteiger partial charge >= 0.3 is 29.6 Å². The van der Waals surface area contributed by atoms with Gasteiger partial charge in [-0.05, 0) is 31.1 Å². The molecule has 0 fully saturated rings. The Hall–Kier alpha value is -1.35. The van der Waals surface area contributed by atoms with Crippen molar-refractivity contribution in [3.05, 3.63) is 70.8 Å². The third kappa shape index (κ3) is 4.07. The van der Waals surface area contributed by atoms with E-state index in [4.69, 9.17) is 0 Å². The van der Waals surface area contributed by atoms with Gasteiger partial charge in [0.15, 0.2) is 5.78 Å². The minimum atomic E-state index is -0.232. The number of hydrogen-bond acceptors (Lipinski definition) is 2. The normalized spacial score (nSPS) is 10.8. The van der Waals surface area contributed by atoms with E-state index in [0.29, 0.717) is 5.57 Å².